The molecule has 0 spiro atoms. The summed E-state index contributed by atoms with van der Waals surface area (Å²) in [4.78, 5) is 11.3. The molecule has 5 nitrogen and oxygen atoms in total. The van der Waals surface area contributed by atoms with E-state index in [9.17, 15) is 4.79 Å². The van der Waals surface area contributed by atoms with Crippen molar-refractivity contribution in [3.8, 4) is 5.75 Å². The molecule has 0 amide bonds. The normalized spacial score (nSPS) is 17.2. The molecule has 1 aromatic carbocycles. The van der Waals surface area contributed by atoms with Crippen LogP contribution in [0.1, 0.15) is 18.4 Å². The van der Waals surface area contributed by atoms with Gasteiger partial charge in [0.25, 0.3) is 0 Å². The summed E-state index contributed by atoms with van der Waals surface area (Å²) >= 11 is 0. The Hall–Kier alpha value is -1.59. The minimum Gasteiger partial charge on any atom is -0.493 e. The largest absolute Gasteiger partial charge is 0.493 e. The second kappa shape index (κ2) is 8.00. The lowest BCUT2D eigenvalue weighted by Gasteiger charge is -2.22. The van der Waals surface area contributed by atoms with Crippen molar-refractivity contribution in [3.63, 3.8) is 0 Å². The first-order valence-corrected chi connectivity index (χ1v) is 7.32. The molecule has 1 heterocycles. The van der Waals surface area contributed by atoms with E-state index in [0.29, 0.717) is 12.3 Å². The Labute approximate surface area is 125 Å². The van der Waals surface area contributed by atoms with Crippen LogP contribution < -0.4 is 10.5 Å². The second-order valence-electron chi connectivity index (χ2n) is 5.34. The van der Waals surface area contributed by atoms with Crippen LogP contribution in [0.25, 0.3) is 0 Å². The summed E-state index contributed by atoms with van der Waals surface area (Å²) in [6.45, 7) is 2.39. The summed E-state index contributed by atoms with van der Waals surface area (Å²) in [6.07, 6.45) is 2.59. The van der Waals surface area contributed by atoms with Crippen molar-refractivity contribution < 1.29 is 19.0 Å². The van der Waals surface area contributed by atoms with Crippen LogP contribution in [0.3, 0.4) is 0 Å². The summed E-state index contributed by atoms with van der Waals surface area (Å²) in [5.74, 6) is 1.03. The van der Waals surface area contributed by atoms with E-state index in [1.54, 1.807) is 0 Å². The Balaban J connectivity index is 1.79. The van der Waals surface area contributed by atoms with E-state index < -0.39 is 12.0 Å². The first-order valence-electron chi connectivity index (χ1n) is 7.32. The van der Waals surface area contributed by atoms with Crippen LogP contribution in [0.5, 0.6) is 5.75 Å². The van der Waals surface area contributed by atoms with E-state index in [1.807, 2.05) is 24.3 Å². The maximum atomic E-state index is 11.3. The van der Waals surface area contributed by atoms with Gasteiger partial charge in [-0.15, -0.1) is 0 Å². The molecule has 21 heavy (non-hydrogen) atoms. The highest BCUT2D eigenvalue weighted by Gasteiger charge is 2.15. The third-order valence-corrected chi connectivity index (χ3v) is 3.71. The predicted octanol–water partition coefficient (Wildman–Crippen LogP) is 1.53. The number of ether oxygens (including phenoxy) is 3. The molecule has 116 valence electrons. The number of nitrogens with two attached hydrogens (primary N) is 1. The highest BCUT2D eigenvalue weighted by Crippen LogP contribution is 2.18. The molecule has 0 bridgehead atoms. The van der Waals surface area contributed by atoms with Gasteiger partial charge in [-0.3, -0.25) is 4.79 Å². The van der Waals surface area contributed by atoms with E-state index in [2.05, 4.69) is 4.74 Å². The monoisotopic (exact) mass is 293 g/mol. The van der Waals surface area contributed by atoms with Crippen molar-refractivity contribution in [2.24, 2.45) is 11.7 Å². The predicted molar refractivity (Wildman–Crippen MR) is 79.2 cm³/mol. The Kier molecular flexibility index (Phi) is 6.02. The van der Waals surface area contributed by atoms with Crippen LogP contribution in [-0.2, 0) is 20.7 Å². The van der Waals surface area contributed by atoms with Gasteiger partial charge >= 0.3 is 5.97 Å². The molecule has 0 saturated carbocycles. The van der Waals surface area contributed by atoms with Crippen LogP contribution in [0, 0.1) is 5.92 Å². The molecule has 0 radical (unpaired) electrons. The number of hydrogen-bond donors (Lipinski definition) is 1. The lowest BCUT2D eigenvalue weighted by atomic mass is 10.0. The summed E-state index contributed by atoms with van der Waals surface area (Å²) in [7, 11) is 1.34. The fourth-order valence-corrected chi connectivity index (χ4v) is 2.34. The molecular weight excluding hydrogens is 270 g/mol. The Morgan fingerprint density at radius 2 is 2.00 bits per heavy atom. The SMILES string of the molecule is COC(=O)C(N)Cc1ccc(OCC2CCOCC2)cc1. The smallest absolute Gasteiger partial charge is 0.322 e. The van der Waals surface area contributed by atoms with Crippen LogP contribution in [-0.4, -0.2) is 38.9 Å². The van der Waals surface area contributed by atoms with Gasteiger partial charge in [0, 0.05) is 13.2 Å². The van der Waals surface area contributed by atoms with E-state index in [0.717, 1.165) is 44.0 Å². The maximum Gasteiger partial charge on any atom is 0.322 e. The number of rotatable bonds is 6. The van der Waals surface area contributed by atoms with Gasteiger partial charge < -0.3 is 19.9 Å². The molecule has 1 atom stereocenters. The number of benzene rings is 1. The minimum absolute atomic E-state index is 0.394. The number of esters is 1. The van der Waals surface area contributed by atoms with Crippen LogP contribution >= 0.6 is 0 Å². The lowest BCUT2D eigenvalue weighted by molar-refractivity contribution is -0.142. The highest BCUT2D eigenvalue weighted by molar-refractivity contribution is 5.75. The van der Waals surface area contributed by atoms with Gasteiger partial charge in [0.15, 0.2) is 0 Å². The molecule has 1 unspecified atom stereocenters. The van der Waals surface area contributed by atoms with Crippen molar-refractivity contribution in [1.82, 2.24) is 0 Å². The molecule has 1 aliphatic heterocycles. The minimum atomic E-state index is -0.621. The molecule has 0 aliphatic carbocycles. The van der Waals surface area contributed by atoms with Gasteiger partial charge in [0.1, 0.15) is 11.8 Å². The van der Waals surface area contributed by atoms with Gasteiger partial charge in [-0.2, -0.15) is 0 Å². The number of carbonyl (C=O) groups excluding carboxylic acids is 1. The third kappa shape index (κ3) is 5.02. The first kappa shape index (κ1) is 15.8. The van der Waals surface area contributed by atoms with E-state index in [4.69, 9.17) is 15.2 Å². The standard InChI is InChI=1S/C16H23NO4/c1-19-16(18)15(17)10-12-2-4-14(5-3-12)21-11-13-6-8-20-9-7-13/h2-5,13,15H,6-11,17H2,1H3. The van der Waals surface area contributed by atoms with Crippen molar-refractivity contribution in [1.29, 1.82) is 0 Å². The van der Waals surface area contributed by atoms with E-state index >= 15 is 0 Å². The Morgan fingerprint density at radius 1 is 1.33 bits per heavy atom. The third-order valence-electron chi connectivity index (χ3n) is 3.71. The molecule has 1 aromatic rings. The second-order valence-corrected chi connectivity index (χ2v) is 5.34. The lowest BCUT2D eigenvalue weighted by Crippen LogP contribution is -2.33. The molecule has 0 aromatic heterocycles. The fraction of sp³-hybridized carbons (Fsp3) is 0.562. The molecule has 2 rings (SSSR count). The topological polar surface area (TPSA) is 70.8 Å². The van der Waals surface area contributed by atoms with Gasteiger partial charge in [0.05, 0.1) is 13.7 Å². The van der Waals surface area contributed by atoms with Crippen LogP contribution in [0.15, 0.2) is 24.3 Å². The van der Waals surface area contributed by atoms with Crippen LogP contribution in [0.2, 0.25) is 0 Å². The number of methoxy groups -OCH3 is 1. The molecule has 1 saturated heterocycles. The van der Waals surface area contributed by atoms with Crippen molar-refractivity contribution in [3.05, 3.63) is 29.8 Å². The fourth-order valence-electron chi connectivity index (χ4n) is 2.34. The maximum absolute atomic E-state index is 11.3. The van der Waals surface area contributed by atoms with Gasteiger partial charge in [-0.05, 0) is 42.9 Å². The summed E-state index contributed by atoms with van der Waals surface area (Å²) in [5.41, 5.74) is 6.73. The molecular formula is C16H23NO4. The quantitative estimate of drug-likeness (QED) is 0.806. The Bertz CT molecular complexity index is 440. The van der Waals surface area contributed by atoms with Gasteiger partial charge in [-0.1, -0.05) is 12.1 Å². The molecule has 1 fully saturated rings. The van der Waals surface area contributed by atoms with E-state index in [-0.39, 0.29) is 0 Å². The first-order chi connectivity index (χ1) is 10.2. The highest BCUT2D eigenvalue weighted by atomic mass is 16.5. The molecule has 1 aliphatic rings. The summed E-state index contributed by atoms with van der Waals surface area (Å²) in [6, 6.07) is 7.07. The average molecular weight is 293 g/mol. The van der Waals surface area contributed by atoms with Crippen molar-refractivity contribution in [2.75, 3.05) is 26.9 Å². The van der Waals surface area contributed by atoms with Crippen molar-refractivity contribution in [2.45, 2.75) is 25.3 Å². The van der Waals surface area contributed by atoms with Crippen LogP contribution in [0.4, 0.5) is 0 Å². The molecule has 2 N–H and O–H groups in total. The van der Waals surface area contributed by atoms with Gasteiger partial charge in [0.2, 0.25) is 0 Å². The number of carbonyl (C=O) groups is 1. The average Bonchev–Trinajstić information content (AvgIpc) is 2.54. The van der Waals surface area contributed by atoms with Gasteiger partial charge in [-0.25, -0.2) is 0 Å². The van der Waals surface area contributed by atoms with Crippen molar-refractivity contribution >= 4 is 5.97 Å². The number of hydrogen-bond acceptors (Lipinski definition) is 5. The molecule has 5 heteroatoms. The zero-order valence-electron chi connectivity index (χ0n) is 12.4. The summed E-state index contributed by atoms with van der Waals surface area (Å²) in [5, 5.41) is 0. The Morgan fingerprint density at radius 3 is 2.62 bits per heavy atom. The summed E-state index contributed by atoms with van der Waals surface area (Å²) < 4.78 is 15.7. The van der Waals surface area contributed by atoms with E-state index in [1.165, 1.54) is 7.11 Å². The zero-order valence-corrected chi connectivity index (χ0v) is 12.4. The zero-order chi connectivity index (χ0) is 15.1.